The van der Waals surface area contributed by atoms with Gasteiger partial charge in [0.1, 0.15) is 5.78 Å². The molecule has 1 aliphatic rings. The maximum absolute atomic E-state index is 10.7. The van der Waals surface area contributed by atoms with E-state index in [4.69, 9.17) is 0 Å². The average Bonchev–Trinajstić information content (AvgIpc) is 2.35. The van der Waals surface area contributed by atoms with Crippen molar-refractivity contribution in [2.75, 3.05) is 0 Å². The molecular weight excluding hydrogens is 136 g/mol. The maximum atomic E-state index is 10.7. The Hall–Kier alpha value is -0.330. The summed E-state index contributed by atoms with van der Waals surface area (Å²) in [6.45, 7) is 3.72. The Labute approximate surface area is 69.2 Å². The number of ketones is 1. The number of carbonyl (C=O) groups is 1. The molecule has 1 heteroatoms. The van der Waals surface area contributed by atoms with Crippen molar-refractivity contribution < 1.29 is 4.79 Å². The Kier molecular flexibility index (Phi) is 3.10. The smallest absolute Gasteiger partial charge is 0.130 e. The molecular formula is C10H13O. The summed E-state index contributed by atoms with van der Waals surface area (Å²) in [7, 11) is 0. The summed E-state index contributed by atoms with van der Waals surface area (Å²) in [6.07, 6.45) is 8.79. The minimum absolute atomic E-state index is 0.263. The van der Waals surface area contributed by atoms with Crippen LogP contribution >= 0.6 is 0 Å². The van der Waals surface area contributed by atoms with E-state index in [2.05, 4.69) is 19.8 Å². The van der Waals surface area contributed by atoms with E-state index in [1.807, 2.05) is 12.8 Å². The lowest BCUT2D eigenvalue weighted by molar-refractivity contribution is -0.117. The van der Waals surface area contributed by atoms with Crippen LogP contribution in [-0.4, -0.2) is 5.78 Å². The standard InChI is InChI=1S/C10H13O/c1-8(7-9(2)11)10-5-3-4-6-10/h3-6,8H,7H2,1-2H3. The van der Waals surface area contributed by atoms with Gasteiger partial charge in [-0.2, -0.15) is 0 Å². The van der Waals surface area contributed by atoms with Gasteiger partial charge in [0.25, 0.3) is 0 Å². The minimum atomic E-state index is 0.263. The lowest BCUT2D eigenvalue weighted by atomic mass is 9.89. The van der Waals surface area contributed by atoms with E-state index in [9.17, 15) is 4.79 Å². The first-order valence-corrected chi connectivity index (χ1v) is 3.91. The number of hydrogen-bond acceptors (Lipinski definition) is 1. The number of carbonyl (C=O) groups excluding carboxylic acids is 1. The van der Waals surface area contributed by atoms with Gasteiger partial charge in [0.05, 0.1) is 0 Å². The molecule has 0 heterocycles. The SMILES string of the molecule is CC(=O)CC(C)[C]1[CH][CH][CH][CH]1. The van der Waals surface area contributed by atoms with Crippen LogP contribution in [0.15, 0.2) is 0 Å². The highest BCUT2D eigenvalue weighted by molar-refractivity contribution is 5.76. The van der Waals surface area contributed by atoms with Crippen LogP contribution in [0.25, 0.3) is 0 Å². The maximum Gasteiger partial charge on any atom is 0.130 e. The lowest BCUT2D eigenvalue weighted by Gasteiger charge is -2.15. The predicted molar refractivity (Wildman–Crippen MR) is 44.9 cm³/mol. The van der Waals surface area contributed by atoms with E-state index in [0.29, 0.717) is 12.3 Å². The molecule has 0 aromatic carbocycles. The third kappa shape index (κ3) is 2.64. The summed E-state index contributed by atoms with van der Waals surface area (Å²) in [5, 5.41) is 0. The molecule has 0 aromatic rings. The molecule has 1 nitrogen and oxygen atoms in total. The van der Waals surface area contributed by atoms with Crippen molar-refractivity contribution in [3.8, 4) is 0 Å². The molecule has 0 bridgehead atoms. The summed E-state index contributed by atoms with van der Waals surface area (Å²) in [6, 6.07) is 0. The van der Waals surface area contributed by atoms with Crippen LogP contribution in [0.1, 0.15) is 20.3 Å². The minimum Gasteiger partial charge on any atom is -0.300 e. The van der Waals surface area contributed by atoms with Gasteiger partial charge in [0, 0.05) is 6.42 Å². The zero-order chi connectivity index (χ0) is 8.27. The van der Waals surface area contributed by atoms with Crippen molar-refractivity contribution in [2.45, 2.75) is 20.3 Å². The predicted octanol–water partition coefficient (Wildman–Crippen LogP) is 2.01. The molecule has 1 fully saturated rings. The van der Waals surface area contributed by atoms with Crippen LogP contribution < -0.4 is 0 Å². The van der Waals surface area contributed by atoms with E-state index < -0.39 is 0 Å². The van der Waals surface area contributed by atoms with Gasteiger partial charge in [-0.3, -0.25) is 0 Å². The first-order valence-electron chi connectivity index (χ1n) is 3.91. The lowest BCUT2D eigenvalue weighted by Crippen LogP contribution is -2.10. The van der Waals surface area contributed by atoms with Gasteiger partial charge in [-0.1, -0.05) is 6.92 Å². The fourth-order valence-electron chi connectivity index (χ4n) is 1.27. The Morgan fingerprint density at radius 2 is 2.00 bits per heavy atom. The molecule has 5 radical (unpaired) electrons. The van der Waals surface area contributed by atoms with Crippen molar-refractivity contribution in [1.29, 1.82) is 0 Å². The first kappa shape index (κ1) is 8.76. The summed E-state index contributed by atoms with van der Waals surface area (Å²) >= 11 is 0. The van der Waals surface area contributed by atoms with Crippen molar-refractivity contribution in [3.63, 3.8) is 0 Å². The first-order chi connectivity index (χ1) is 5.20. The molecule has 0 aromatic heterocycles. The highest BCUT2D eigenvalue weighted by Crippen LogP contribution is 2.31. The molecule has 0 saturated heterocycles. The van der Waals surface area contributed by atoms with Crippen LogP contribution in [0, 0.1) is 37.5 Å². The molecule has 1 rings (SSSR count). The third-order valence-corrected chi connectivity index (χ3v) is 1.85. The van der Waals surface area contributed by atoms with Gasteiger partial charge < -0.3 is 4.79 Å². The van der Waals surface area contributed by atoms with Crippen molar-refractivity contribution >= 4 is 5.78 Å². The second-order valence-electron chi connectivity index (χ2n) is 3.03. The molecule has 1 atom stereocenters. The van der Waals surface area contributed by atoms with Gasteiger partial charge in [0.2, 0.25) is 0 Å². The van der Waals surface area contributed by atoms with Gasteiger partial charge in [-0.15, -0.1) is 0 Å². The summed E-state index contributed by atoms with van der Waals surface area (Å²) < 4.78 is 0. The Balaban J connectivity index is 2.28. The van der Waals surface area contributed by atoms with Crippen LogP contribution in [0.4, 0.5) is 0 Å². The fraction of sp³-hybridized carbons (Fsp3) is 0.400. The van der Waals surface area contributed by atoms with E-state index in [-0.39, 0.29) is 5.78 Å². The normalized spacial score (nSPS) is 22.0. The Bertz CT molecular complexity index is 134. The van der Waals surface area contributed by atoms with E-state index >= 15 is 0 Å². The highest BCUT2D eigenvalue weighted by atomic mass is 16.1. The summed E-state index contributed by atoms with van der Waals surface area (Å²) in [5.41, 5.74) is 0. The quantitative estimate of drug-likeness (QED) is 0.600. The second-order valence-corrected chi connectivity index (χ2v) is 3.03. The second kappa shape index (κ2) is 3.89. The van der Waals surface area contributed by atoms with Gasteiger partial charge in [-0.05, 0) is 44.4 Å². The average molecular weight is 149 g/mol. The van der Waals surface area contributed by atoms with Crippen molar-refractivity contribution in [2.24, 2.45) is 5.92 Å². The number of hydrogen-bond donors (Lipinski definition) is 0. The van der Waals surface area contributed by atoms with Gasteiger partial charge in [-0.25, -0.2) is 0 Å². The van der Waals surface area contributed by atoms with Crippen molar-refractivity contribution in [3.05, 3.63) is 31.6 Å². The highest BCUT2D eigenvalue weighted by Gasteiger charge is 2.23. The Morgan fingerprint density at radius 1 is 1.45 bits per heavy atom. The van der Waals surface area contributed by atoms with Gasteiger partial charge >= 0.3 is 0 Å². The van der Waals surface area contributed by atoms with Crippen LogP contribution in [-0.2, 0) is 4.79 Å². The van der Waals surface area contributed by atoms with E-state index in [1.54, 1.807) is 6.92 Å². The number of rotatable bonds is 3. The molecule has 1 saturated carbocycles. The summed E-state index contributed by atoms with van der Waals surface area (Å²) in [4.78, 5) is 10.7. The molecule has 1 aliphatic carbocycles. The molecule has 0 spiro atoms. The van der Waals surface area contributed by atoms with E-state index in [1.165, 1.54) is 5.92 Å². The molecule has 1 unspecified atom stereocenters. The third-order valence-electron chi connectivity index (χ3n) is 1.85. The number of Topliss-reactive ketones (excluding diaryl/α,β-unsaturated/α-hetero) is 1. The summed E-state index contributed by atoms with van der Waals surface area (Å²) in [5.74, 6) is 1.90. The fourth-order valence-corrected chi connectivity index (χ4v) is 1.27. The largest absolute Gasteiger partial charge is 0.300 e. The van der Waals surface area contributed by atoms with Gasteiger partial charge in [0.15, 0.2) is 0 Å². The monoisotopic (exact) mass is 149 g/mol. The Morgan fingerprint density at radius 3 is 2.45 bits per heavy atom. The zero-order valence-corrected chi connectivity index (χ0v) is 7.00. The molecule has 0 N–H and O–H groups in total. The van der Waals surface area contributed by atoms with Crippen LogP contribution in [0.5, 0.6) is 0 Å². The molecule has 0 amide bonds. The zero-order valence-electron chi connectivity index (χ0n) is 7.00. The van der Waals surface area contributed by atoms with E-state index in [0.717, 1.165) is 0 Å². The topological polar surface area (TPSA) is 17.1 Å². The molecule has 0 aliphatic heterocycles. The molecule has 59 valence electrons. The van der Waals surface area contributed by atoms with Crippen LogP contribution in [0.3, 0.4) is 0 Å². The van der Waals surface area contributed by atoms with Crippen molar-refractivity contribution in [1.82, 2.24) is 0 Å². The molecule has 11 heavy (non-hydrogen) atoms. The van der Waals surface area contributed by atoms with Crippen LogP contribution in [0.2, 0.25) is 0 Å².